The van der Waals surface area contributed by atoms with Crippen LogP contribution >= 0.6 is 11.6 Å². The van der Waals surface area contributed by atoms with Gasteiger partial charge in [0.15, 0.2) is 0 Å². The number of rotatable bonds is 2. The Balaban J connectivity index is 2.23. The van der Waals surface area contributed by atoms with Crippen LogP contribution in [0, 0.1) is 0 Å². The van der Waals surface area contributed by atoms with Crippen LogP contribution in [0.15, 0.2) is 23.0 Å². The van der Waals surface area contributed by atoms with E-state index in [0.717, 1.165) is 18.4 Å². The van der Waals surface area contributed by atoms with E-state index in [9.17, 15) is 9.59 Å². The van der Waals surface area contributed by atoms with E-state index in [-0.39, 0.29) is 5.56 Å². The highest BCUT2D eigenvalue weighted by molar-refractivity contribution is 6.36. The van der Waals surface area contributed by atoms with Crippen molar-refractivity contribution in [3.05, 3.63) is 44.7 Å². The third-order valence-corrected chi connectivity index (χ3v) is 4.17. The van der Waals surface area contributed by atoms with Crippen molar-refractivity contribution in [3.8, 4) is 0 Å². The quantitative estimate of drug-likeness (QED) is 0.886. The lowest BCUT2D eigenvalue weighted by Gasteiger charge is -2.27. The normalized spacial score (nSPS) is 15.4. The Hall–Kier alpha value is -1.81. The summed E-state index contributed by atoms with van der Waals surface area (Å²) in [6, 6.07) is 5.11. The Bertz CT molecular complexity index is 731. The first-order chi connectivity index (χ1) is 9.08. The van der Waals surface area contributed by atoms with Gasteiger partial charge in [-0.25, -0.2) is 4.79 Å². The number of halogens is 1. The van der Waals surface area contributed by atoms with E-state index in [1.807, 2.05) is 12.1 Å². The third kappa shape index (κ3) is 1.92. The minimum absolute atomic E-state index is 0.264. The van der Waals surface area contributed by atoms with Crippen LogP contribution in [0.25, 0.3) is 10.9 Å². The van der Waals surface area contributed by atoms with Gasteiger partial charge in [0.25, 0.3) is 5.56 Å². The van der Waals surface area contributed by atoms with E-state index in [4.69, 9.17) is 16.7 Å². The Morgan fingerprint density at radius 2 is 2.11 bits per heavy atom. The van der Waals surface area contributed by atoms with Crippen molar-refractivity contribution in [2.24, 2.45) is 0 Å². The average molecular weight is 278 g/mol. The second kappa shape index (κ2) is 4.38. The minimum Gasteiger partial charge on any atom is -0.477 e. The molecule has 2 aromatic rings. The van der Waals surface area contributed by atoms with Gasteiger partial charge in [-0.05, 0) is 30.4 Å². The molecule has 4 nitrogen and oxygen atoms in total. The Kier molecular flexibility index (Phi) is 2.82. The van der Waals surface area contributed by atoms with E-state index >= 15 is 0 Å². The number of nitrogens with one attached hydrogen (secondary N) is 1. The van der Waals surface area contributed by atoms with Crippen LogP contribution in [0.4, 0.5) is 0 Å². The van der Waals surface area contributed by atoms with Gasteiger partial charge in [-0.15, -0.1) is 0 Å². The number of carboxylic acids is 1. The Labute approximate surface area is 114 Å². The summed E-state index contributed by atoms with van der Waals surface area (Å²) in [6.07, 6.45) is 3.43. The van der Waals surface area contributed by atoms with Crippen LogP contribution in [0.1, 0.15) is 41.1 Å². The number of H-pyrrole nitrogens is 1. The summed E-state index contributed by atoms with van der Waals surface area (Å²) in [4.78, 5) is 25.2. The summed E-state index contributed by atoms with van der Waals surface area (Å²) in [5.74, 6) is -0.776. The molecule has 1 aliphatic carbocycles. The lowest BCUT2D eigenvalue weighted by Crippen LogP contribution is -2.17. The summed E-state index contributed by atoms with van der Waals surface area (Å²) in [5, 5.41) is 10.1. The molecule has 1 aromatic heterocycles. The van der Waals surface area contributed by atoms with Gasteiger partial charge >= 0.3 is 5.97 Å². The van der Waals surface area contributed by atoms with Crippen molar-refractivity contribution in [2.75, 3.05) is 0 Å². The van der Waals surface area contributed by atoms with Gasteiger partial charge in [0.1, 0.15) is 5.56 Å². The number of aromatic amines is 1. The van der Waals surface area contributed by atoms with Gasteiger partial charge in [-0.3, -0.25) is 4.79 Å². The zero-order valence-corrected chi connectivity index (χ0v) is 10.8. The van der Waals surface area contributed by atoms with Gasteiger partial charge in [-0.2, -0.15) is 0 Å². The second-order valence-corrected chi connectivity index (χ2v) is 5.26. The fourth-order valence-electron chi connectivity index (χ4n) is 2.45. The van der Waals surface area contributed by atoms with Crippen LogP contribution < -0.4 is 5.56 Å². The second-order valence-electron chi connectivity index (χ2n) is 4.88. The number of carbonyl (C=O) groups is 1. The van der Waals surface area contributed by atoms with Crippen LogP contribution in [0.2, 0.25) is 5.02 Å². The van der Waals surface area contributed by atoms with Crippen LogP contribution in [0.3, 0.4) is 0 Å². The number of aromatic carboxylic acids is 1. The topological polar surface area (TPSA) is 70.2 Å². The molecule has 2 N–H and O–H groups in total. The molecule has 0 spiro atoms. The predicted molar refractivity (Wildman–Crippen MR) is 73.1 cm³/mol. The highest BCUT2D eigenvalue weighted by Gasteiger charge is 2.23. The molecular formula is C14H12ClNO3. The summed E-state index contributed by atoms with van der Waals surface area (Å²) in [7, 11) is 0. The van der Waals surface area contributed by atoms with Crippen molar-refractivity contribution >= 4 is 28.5 Å². The smallest absolute Gasteiger partial charge is 0.341 e. The monoisotopic (exact) mass is 277 g/mol. The molecule has 1 fully saturated rings. The summed E-state index contributed by atoms with van der Waals surface area (Å²) < 4.78 is 0. The molecule has 1 heterocycles. The van der Waals surface area contributed by atoms with Crippen LogP contribution in [-0.2, 0) is 0 Å². The minimum atomic E-state index is -1.23. The van der Waals surface area contributed by atoms with E-state index in [2.05, 4.69) is 4.98 Å². The zero-order valence-electron chi connectivity index (χ0n) is 10.1. The van der Waals surface area contributed by atoms with Crippen LogP contribution in [0.5, 0.6) is 0 Å². The molecule has 5 heteroatoms. The molecule has 0 amide bonds. The standard InChI is InChI=1S/C14H12ClNO3/c15-11-9(7-2-1-3-7)5-4-8-6-10(14(18)19)13(17)16-12(8)11/h4-7H,1-3H2,(H,16,17)(H,18,19). The fraction of sp³-hybridized carbons (Fsp3) is 0.286. The molecule has 1 aliphatic rings. The molecule has 3 rings (SSSR count). The van der Waals surface area contributed by atoms with Crippen molar-refractivity contribution in [3.63, 3.8) is 0 Å². The molecule has 1 saturated carbocycles. The molecule has 19 heavy (non-hydrogen) atoms. The van der Waals surface area contributed by atoms with Gasteiger partial charge in [-0.1, -0.05) is 30.2 Å². The number of fused-ring (bicyclic) bond motifs is 1. The number of hydrogen-bond donors (Lipinski definition) is 2. The molecule has 98 valence electrons. The molecule has 0 radical (unpaired) electrons. The van der Waals surface area contributed by atoms with Gasteiger partial charge in [0, 0.05) is 5.39 Å². The molecule has 0 unspecified atom stereocenters. The summed E-state index contributed by atoms with van der Waals surface area (Å²) in [6.45, 7) is 0. The largest absolute Gasteiger partial charge is 0.477 e. The highest BCUT2D eigenvalue weighted by atomic mass is 35.5. The van der Waals surface area contributed by atoms with E-state index in [1.165, 1.54) is 12.5 Å². The number of aromatic nitrogens is 1. The summed E-state index contributed by atoms with van der Waals surface area (Å²) in [5.41, 5.74) is 0.688. The van der Waals surface area contributed by atoms with Crippen molar-refractivity contribution in [1.82, 2.24) is 4.98 Å². The molecular weight excluding hydrogens is 266 g/mol. The van der Waals surface area contributed by atoms with Crippen LogP contribution in [-0.4, -0.2) is 16.1 Å². The maximum atomic E-state index is 11.7. The van der Waals surface area contributed by atoms with Gasteiger partial charge < -0.3 is 10.1 Å². The fourth-order valence-corrected chi connectivity index (χ4v) is 2.82. The average Bonchev–Trinajstić information content (AvgIpc) is 2.30. The van der Waals surface area contributed by atoms with Crippen molar-refractivity contribution in [2.45, 2.75) is 25.2 Å². The van der Waals surface area contributed by atoms with E-state index < -0.39 is 11.5 Å². The van der Waals surface area contributed by atoms with E-state index in [1.54, 1.807) is 0 Å². The lowest BCUT2D eigenvalue weighted by atomic mass is 9.80. The molecule has 0 aliphatic heterocycles. The molecule has 0 atom stereocenters. The first-order valence-electron chi connectivity index (χ1n) is 6.16. The van der Waals surface area contributed by atoms with Gasteiger partial charge in [0.2, 0.25) is 0 Å². The first kappa shape index (κ1) is 12.2. The van der Waals surface area contributed by atoms with E-state index in [0.29, 0.717) is 21.8 Å². The maximum absolute atomic E-state index is 11.7. The number of pyridine rings is 1. The number of carboxylic acid groups (broad SMARTS) is 1. The zero-order chi connectivity index (χ0) is 13.6. The Morgan fingerprint density at radius 3 is 2.68 bits per heavy atom. The highest BCUT2D eigenvalue weighted by Crippen LogP contribution is 2.41. The predicted octanol–water partition coefficient (Wildman–Crippen LogP) is 3.15. The molecule has 0 bridgehead atoms. The van der Waals surface area contributed by atoms with Crippen molar-refractivity contribution in [1.29, 1.82) is 0 Å². The Morgan fingerprint density at radius 1 is 1.37 bits per heavy atom. The number of hydrogen-bond acceptors (Lipinski definition) is 2. The molecule has 0 saturated heterocycles. The molecule has 1 aromatic carbocycles. The maximum Gasteiger partial charge on any atom is 0.341 e. The summed E-state index contributed by atoms with van der Waals surface area (Å²) >= 11 is 6.34. The van der Waals surface area contributed by atoms with Gasteiger partial charge in [0.05, 0.1) is 10.5 Å². The first-order valence-corrected chi connectivity index (χ1v) is 6.54. The lowest BCUT2D eigenvalue weighted by molar-refractivity contribution is 0.0695. The SMILES string of the molecule is O=C(O)c1cc2ccc(C3CCC3)c(Cl)c2[nH]c1=O. The van der Waals surface area contributed by atoms with Crippen molar-refractivity contribution < 1.29 is 9.90 Å². The third-order valence-electron chi connectivity index (χ3n) is 3.76. The number of benzene rings is 1.